The molecule has 0 bridgehead atoms. The summed E-state index contributed by atoms with van der Waals surface area (Å²) in [6.45, 7) is 0. The van der Waals surface area contributed by atoms with Crippen molar-refractivity contribution in [1.29, 1.82) is 0 Å². The number of rotatable bonds is 5. The molecule has 24 heavy (non-hydrogen) atoms. The Morgan fingerprint density at radius 3 is 1.83 bits per heavy atom. The van der Waals surface area contributed by atoms with Crippen LogP contribution >= 0.6 is 0 Å². The molecular weight excluding hydrogens is 298 g/mol. The van der Waals surface area contributed by atoms with Gasteiger partial charge >= 0.3 is 0 Å². The molecule has 3 rings (SSSR count). The van der Waals surface area contributed by atoms with Gasteiger partial charge in [0.05, 0.1) is 0 Å². The molecule has 0 saturated heterocycles. The lowest BCUT2D eigenvalue weighted by Gasteiger charge is -2.21. The number of benzene rings is 2. The van der Waals surface area contributed by atoms with Crippen molar-refractivity contribution in [2.75, 3.05) is 30.9 Å². The molecule has 3 aromatic rings. The zero-order valence-electron chi connectivity index (χ0n) is 14.2. The maximum Gasteiger partial charge on any atom is 0.219 e. The highest BCUT2D eigenvalue weighted by molar-refractivity contribution is 5.65. The minimum absolute atomic E-state index is 0.595. The van der Waals surface area contributed by atoms with Gasteiger partial charge in [-0.25, -0.2) is 4.98 Å². The predicted octanol–water partition coefficient (Wildman–Crippen LogP) is 4.71. The number of anilines is 3. The molecule has 0 fully saturated rings. The zero-order chi connectivity index (χ0) is 16.9. The molecule has 4 nitrogen and oxygen atoms in total. The molecule has 0 unspecified atom stereocenters. The molecule has 0 aliphatic heterocycles. The summed E-state index contributed by atoms with van der Waals surface area (Å²) in [6, 6.07) is 22.1. The number of hydrogen-bond donors (Lipinski definition) is 0. The summed E-state index contributed by atoms with van der Waals surface area (Å²) in [5.74, 6) is 1.37. The van der Waals surface area contributed by atoms with Crippen molar-refractivity contribution in [3.63, 3.8) is 0 Å². The van der Waals surface area contributed by atoms with Gasteiger partial charge in [0.2, 0.25) is 5.88 Å². The van der Waals surface area contributed by atoms with Crippen LogP contribution in [0.5, 0.6) is 11.6 Å². The number of pyridine rings is 1. The molecule has 0 aliphatic carbocycles. The predicted molar refractivity (Wildman–Crippen MR) is 99.6 cm³/mol. The maximum absolute atomic E-state index is 5.73. The van der Waals surface area contributed by atoms with E-state index >= 15 is 0 Å². The van der Waals surface area contributed by atoms with Gasteiger partial charge in [-0.15, -0.1) is 0 Å². The molecule has 0 atom stereocenters. The lowest BCUT2D eigenvalue weighted by Crippen LogP contribution is -2.11. The van der Waals surface area contributed by atoms with E-state index in [1.165, 1.54) is 5.69 Å². The van der Waals surface area contributed by atoms with Crippen molar-refractivity contribution in [3.8, 4) is 11.6 Å². The molecule has 1 heterocycles. The largest absolute Gasteiger partial charge is 0.439 e. The number of hydrogen-bond acceptors (Lipinski definition) is 4. The van der Waals surface area contributed by atoms with Crippen LogP contribution in [0.1, 0.15) is 0 Å². The third-order valence-corrected chi connectivity index (χ3v) is 3.84. The second-order valence-electron chi connectivity index (χ2n) is 5.73. The van der Waals surface area contributed by atoms with Gasteiger partial charge in [0, 0.05) is 50.5 Å². The Hall–Kier alpha value is -3.01. The van der Waals surface area contributed by atoms with Gasteiger partial charge in [0.15, 0.2) is 0 Å². The summed E-state index contributed by atoms with van der Waals surface area (Å²) in [6.07, 6.45) is 1.72. The van der Waals surface area contributed by atoms with Crippen LogP contribution in [-0.4, -0.2) is 26.1 Å². The lowest BCUT2D eigenvalue weighted by molar-refractivity contribution is 0.463. The van der Waals surface area contributed by atoms with Crippen molar-refractivity contribution < 1.29 is 4.74 Å². The molecule has 1 aromatic heterocycles. The lowest BCUT2D eigenvalue weighted by atomic mass is 10.2. The Labute approximate surface area is 142 Å². The van der Waals surface area contributed by atoms with Crippen LogP contribution in [0.3, 0.4) is 0 Å². The van der Waals surface area contributed by atoms with Crippen LogP contribution < -0.4 is 14.5 Å². The third-order valence-electron chi connectivity index (χ3n) is 3.84. The molecular formula is C20H21N3O. The Morgan fingerprint density at radius 2 is 1.29 bits per heavy atom. The van der Waals surface area contributed by atoms with Crippen molar-refractivity contribution >= 4 is 17.1 Å². The minimum atomic E-state index is 0.595. The van der Waals surface area contributed by atoms with Crippen LogP contribution in [0.15, 0.2) is 72.9 Å². The molecule has 0 amide bonds. The fourth-order valence-electron chi connectivity index (χ4n) is 2.39. The van der Waals surface area contributed by atoms with Crippen LogP contribution in [-0.2, 0) is 0 Å². The number of nitrogens with zero attached hydrogens (tertiary/aromatic N) is 3. The van der Waals surface area contributed by atoms with Gasteiger partial charge in [-0.05, 0) is 54.6 Å². The summed E-state index contributed by atoms with van der Waals surface area (Å²) in [5.41, 5.74) is 3.42. The van der Waals surface area contributed by atoms with Gasteiger partial charge < -0.3 is 14.5 Å². The zero-order valence-corrected chi connectivity index (χ0v) is 14.2. The van der Waals surface area contributed by atoms with E-state index in [0.717, 1.165) is 17.1 Å². The Balaban J connectivity index is 1.72. The van der Waals surface area contributed by atoms with E-state index < -0.39 is 0 Å². The topological polar surface area (TPSA) is 28.6 Å². The van der Waals surface area contributed by atoms with Crippen LogP contribution in [0.25, 0.3) is 0 Å². The molecule has 0 spiro atoms. The van der Waals surface area contributed by atoms with E-state index in [-0.39, 0.29) is 0 Å². The average molecular weight is 319 g/mol. The number of ether oxygens (including phenoxy) is 1. The SMILES string of the molecule is CN(C)c1ccc(N(C)c2ccc(Oc3ccccn3)cc2)cc1. The highest BCUT2D eigenvalue weighted by Crippen LogP contribution is 2.28. The first-order chi connectivity index (χ1) is 11.6. The second kappa shape index (κ2) is 7.04. The van der Waals surface area contributed by atoms with Gasteiger partial charge in [0.25, 0.3) is 0 Å². The minimum Gasteiger partial charge on any atom is -0.439 e. The van der Waals surface area contributed by atoms with Crippen molar-refractivity contribution in [2.45, 2.75) is 0 Å². The average Bonchev–Trinajstić information content (AvgIpc) is 2.63. The standard InChI is InChI=1S/C20H21N3O/c1-22(2)16-7-9-17(10-8-16)23(3)18-11-13-19(14-12-18)24-20-6-4-5-15-21-20/h4-15H,1-3H3. The van der Waals surface area contributed by atoms with Gasteiger partial charge in [-0.3, -0.25) is 0 Å². The summed E-state index contributed by atoms with van der Waals surface area (Å²) in [5, 5.41) is 0. The van der Waals surface area contributed by atoms with Gasteiger partial charge in [0.1, 0.15) is 5.75 Å². The Morgan fingerprint density at radius 1 is 0.708 bits per heavy atom. The smallest absolute Gasteiger partial charge is 0.219 e. The molecule has 4 heteroatoms. The highest BCUT2D eigenvalue weighted by atomic mass is 16.5. The molecule has 122 valence electrons. The van der Waals surface area contributed by atoms with Gasteiger partial charge in [-0.1, -0.05) is 6.07 Å². The molecule has 0 N–H and O–H groups in total. The molecule has 0 saturated carbocycles. The first-order valence-corrected chi connectivity index (χ1v) is 7.83. The van der Waals surface area contributed by atoms with Crippen LogP contribution in [0.2, 0.25) is 0 Å². The summed E-state index contributed by atoms with van der Waals surface area (Å²) >= 11 is 0. The van der Waals surface area contributed by atoms with Crippen molar-refractivity contribution in [2.24, 2.45) is 0 Å². The summed E-state index contributed by atoms with van der Waals surface area (Å²) in [4.78, 5) is 8.40. The quantitative estimate of drug-likeness (QED) is 0.681. The van der Waals surface area contributed by atoms with E-state index in [1.807, 2.05) is 56.6 Å². The van der Waals surface area contributed by atoms with E-state index in [1.54, 1.807) is 6.20 Å². The van der Waals surface area contributed by atoms with Crippen LogP contribution in [0.4, 0.5) is 17.1 Å². The molecule has 0 radical (unpaired) electrons. The Kier molecular flexibility index (Phi) is 4.66. The molecule has 0 aliphatic rings. The first-order valence-electron chi connectivity index (χ1n) is 7.83. The highest BCUT2D eigenvalue weighted by Gasteiger charge is 2.05. The molecule has 2 aromatic carbocycles. The van der Waals surface area contributed by atoms with E-state index in [4.69, 9.17) is 4.74 Å². The monoisotopic (exact) mass is 319 g/mol. The van der Waals surface area contributed by atoms with E-state index in [2.05, 4.69) is 46.1 Å². The van der Waals surface area contributed by atoms with Crippen molar-refractivity contribution in [1.82, 2.24) is 4.98 Å². The normalized spacial score (nSPS) is 10.3. The summed E-state index contributed by atoms with van der Waals surface area (Å²) in [7, 11) is 6.14. The van der Waals surface area contributed by atoms with Gasteiger partial charge in [-0.2, -0.15) is 0 Å². The van der Waals surface area contributed by atoms with E-state index in [9.17, 15) is 0 Å². The van der Waals surface area contributed by atoms with Crippen LogP contribution in [0, 0.1) is 0 Å². The Bertz CT molecular complexity index is 768. The fourth-order valence-corrected chi connectivity index (χ4v) is 2.39. The first kappa shape index (κ1) is 15.9. The third kappa shape index (κ3) is 3.66. The van der Waals surface area contributed by atoms with Crippen molar-refractivity contribution in [3.05, 3.63) is 72.9 Å². The fraction of sp³-hybridized carbons (Fsp3) is 0.150. The maximum atomic E-state index is 5.73. The van der Waals surface area contributed by atoms with E-state index in [0.29, 0.717) is 5.88 Å². The second-order valence-corrected chi connectivity index (χ2v) is 5.73. The summed E-state index contributed by atoms with van der Waals surface area (Å²) < 4.78 is 5.73. The number of aromatic nitrogens is 1.